The SMILES string of the molecule is O=C1Nc2ccc(O)cc2NC2COCCC12. The molecule has 3 rings (SSSR count). The predicted molar refractivity (Wildman–Crippen MR) is 63.1 cm³/mol. The Hall–Kier alpha value is -1.75. The fourth-order valence-electron chi connectivity index (χ4n) is 2.38. The summed E-state index contributed by atoms with van der Waals surface area (Å²) in [6.45, 7) is 1.14. The molecule has 2 unspecified atom stereocenters. The largest absolute Gasteiger partial charge is 0.508 e. The molecule has 5 nitrogen and oxygen atoms in total. The Labute approximate surface area is 98.8 Å². The smallest absolute Gasteiger partial charge is 0.229 e. The van der Waals surface area contributed by atoms with Crippen LogP contribution in [-0.4, -0.2) is 30.3 Å². The molecule has 2 heterocycles. The number of phenols is 1. The lowest BCUT2D eigenvalue weighted by atomic mass is 9.94. The van der Waals surface area contributed by atoms with E-state index in [4.69, 9.17) is 4.74 Å². The standard InChI is InChI=1S/C12H14N2O3/c15-7-1-2-9-10(5-7)13-11-6-17-4-3-8(11)12(16)14-9/h1-2,5,8,11,13,15H,3-4,6H2,(H,14,16). The van der Waals surface area contributed by atoms with Gasteiger partial charge in [0, 0.05) is 12.7 Å². The van der Waals surface area contributed by atoms with Crippen molar-refractivity contribution >= 4 is 17.3 Å². The number of rotatable bonds is 0. The highest BCUT2D eigenvalue weighted by Gasteiger charge is 2.34. The van der Waals surface area contributed by atoms with Crippen molar-refractivity contribution in [1.82, 2.24) is 0 Å². The molecule has 0 spiro atoms. The van der Waals surface area contributed by atoms with Gasteiger partial charge in [0.15, 0.2) is 0 Å². The van der Waals surface area contributed by atoms with E-state index in [9.17, 15) is 9.90 Å². The zero-order valence-corrected chi connectivity index (χ0v) is 9.27. The lowest BCUT2D eigenvalue weighted by Crippen LogP contribution is -2.42. The summed E-state index contributed by atoms with van der Waals surface area (Å²) < 4.78 is 5.38. The molecule has 0 radical (unpaired) electrons. The van der Waals surface area contributed by atoms with E-state index in [0.717, 1.165) is 12.1 Å². The molecule has 2 atom stereocenters. The van der Waals surface area contributed by atoms with Crippen LogP contribution >= 0.6 is 0 Å². The average molecular weight is 234 g/mol. The van der Waals surface area contributed by atoms with Crippen LogP contribution in [-0.2, 0) is 9.53 Å². The van der Waals surface area contributed by atoms with Crippen LogP contribution in [0.1, 0.15) is 6.42 Å². The van der Waals surface area contributed by atoms with Gasteiger partial charge in [-0.05, 0) is 18.6 Å². The molecule has 0 aliphatic carbocycles. The third kappa shape index (κ3) is 1.82. The summed E-state index contributed by atoms with van der Waals surface area (Å²) in [6, 6.07) is 4.86. The molecular weight excluding hydrogens is 220 g/mol. The lowest BCUT2D eigenvalue weighted by molar-refractivity contribution is -0.122. The quantitative estimate of drug-likeness (QED) is 0.589. The monoisotopic (exact) mass is 234 g/mol. The highest BCUT2D eigenvalue weighted by atomic mass is 16.5. The maximum Gasteiger partial charge on any atom is 0.229 e. The molecule has 1 fully saturated rings. The van der Waals surface area contributed by atoms with Crippen molar-refractivity contribution in [3.63, 3.8) is 0 Å². The zero-order chi connectivity index (χ0) is 11.8. The maximum atomic E-state index is 12.0. The molecule has 1 amide bonds. The molecule has 0 saturated carbocycles. The molecule has 1 aromatic rings. The molecule has 2 aliphatic heterocycles. The van der Waals surface area contributed by atoms with E-state index < -0.39 is 0 Å². The number of aromatic hydroxyl groups is 1. The van der Waals surface area contributed by atoms with Crippen LogP contribution in [0.15, 0.2) is 18.2 Å². The van der Waals surface area contributed by atoms with Gasteiger partial charge in [-0.25, -0.2) is 0 Å². The lowest BCUT2D eigenvalue weighted by Gasteiger charge is -2.29. The van der Waals surface area contributed by atoms with Crippen LogP contribution in [0.3, 0.4) is 0 Å². The van der Waals surface area contributed by atoms with Gasteiger partial charge in [-0.15, -0.1) is 0 Å². The molecule has 0 bridgehead atoms. The first-order chi connectivity index (χ1) is 8.24. The number of fused-ring (bicyclic) bond motifs is 2. The van der Waals surface area contributed by atoms with Crippen molar-refractivity contribution < 1.29 is 14.6 Å². The summed E-state index contributed by atoms with van der Waals surface area (Å²) in [6.07, 6.45) is 0.726. The van der Waals surface area contributed by atoms with Crippen molar-refractivity contribution in [3.05, 3.63) is 18.2 Å². The van der Waals surface area contributed by atoms with Crippen LogP contribution < -0.4 is 10.6 Å². The predicted octanol–water partition coefficient (Wildman–Crippen LogP) is 1.16. The van der Waals surface area contributed by atoms with E-state index in [1.165, 1.54) is 0 Å². The number of ether oxygens (including phenoxy) is 1. The van der Waals surface area contributed by atoms with E-state index >= 15 is 0 Å². The van der Waals surface area contributed by atoms with Gasteiger partial charge in [-0.3, -0.25) is 4.79 Å². The minimum Gasteiger partial charge on any atom is -0.508 e. The van der Waals surface area contributed by atoms with Gasteiger partial charge >= 0.3 is 0 Å². The number of benzene rings is 1. The number of phenolic OH excluding ortho intramolecular Hbond substituents is 1. The molecule has 0 aromatic heterocycles. The average Bonchev–Trinajstić information content (AvgIpc) is 2.46. The number of carbonyl (C=O) groups is 1. The van der Waals surface area contributed by atoms with Crippen molar-refractivity contribution in [1.29, 1.82) is 0 Å². The minimum absolute atomic E-state index is 0.0215. The Balaban J connectivity index is 1.98. The fourth-order valence-corrected chi connectivity index (χ4v) is 2.38. The highest BCUT2D eigenvalue weighted by Crippen LogP contribution is 2.33. The number of hydrogen-bond donors (Lipinski definition) is 3. The molecular formula is C12H14N2O3. The van der Waals surface area contributed by atoms with Gasteiger partial charge in [-0.2, -0.15) is 0 Å². The van der Waals surface area contributed by atoms with Gasteiger partial charge in [0.25, 0.3) is 0 Å². The van der Waals surface area contributed by atoms with E-state index in [0.29, 0.717) is 18.9 Å². The first-order valence-electron chi connectivity index (χ1n) is 5.72. The number of anilines is 2. The maximum absolute atomic E-state index is 12.0. The Morgan fingerprint density at radius 3 is 3.12 bits per heavy atom. The topological polar surface area (TPSA) is 70.6 Å². The summed E-state index contributed by atoms with van der Waals surface area (Å²) in [5, 5.41) is 15.6. The number of nitrogens with one attached hydrogen (secondary N) is 2. The normalized spacial score (nSPS) is 27.2. The third-order valence-corrected chi connectivity index (χ3v) is 3.29. The number of amides is 1. The number of carbonyl (C=O) groups excluding carboxylic acids is 1. The van der Waals surface area contributed by atoms with E-state index in [1.54, 1.807) is 18.2 Å². The van der Waals surface area contributed by atoms with Gasteiger partial charge in [0.1, 0.15) is 5.75 Å². The second kappa shape index (κ2) is 3.92. The Morgan fingerprint density at radius 1 is 1.35 bits per heavy atom. The summed E-state index contributed by atoms with van der Waals surface area (Å²) in [5.74, 6) is 0.134. The fraction of sp³-hybridized carbons (Fsp3) is 0.417. The molecule has 90 valence electrons. The Morgan fingerprint density at radius 2 is 2.24 bits per heavy atom. The number of hydrogen-bond acceptors (Lipinski definition) is 4. The second-order valence-corrected chi connectivity index (χ2v) is 4.44. The first kappa shape index (κ1) is 10.4. The van der Waals surface area contributed by atoms with E-state index in [1.807, 2.05) is 0 Å². The molecule has 1 saturated heterocycles. The summed E-state index contributed by atoms with van der Waals surface area (Å²) in [4.78, 5) is 12.0. The minimum atomic E-state index is -0.0710. The van der Waals surface area contributed by atoms with Gasteiger partial charge in [0.05, 0.1) is 29.9 Å². The van der Waals surface area contributed by atoms with E-state index in [2.05, 4.69) is 10.6 Å². The van der Waals surface area contributed by atoms with Gasteiger partial charge in [-0.1, -0.05) is 0 Å². The summed E-state index contributed by atoms with van der Waals surface area (Å²) in [5.41, 5.74) is 1.46. The zero-order valence-electron chi connectivity index (χ0n) is 9.27. The van der Waals surface area contributed by atoms with Crippen LogP contribution in [0.5, 0.6) is 5.75 Å². The summed E-state index contributed by atoms with van der Waals surface area (Å²) in [7, 11) is 0. The van der Waals surface area contributed by atoms with Crippen molar-refractivity contribution in [2.45, 2.75) is 12.5 Å². The van der Waals surface area contributed by atoms with Crippen molar-refractivity contribution in [2.24, 2.45) is 5.92 Å². The van der Waals surface area contributed by atoms with Crippen molar-refractivity contribution in [2.75, 3.05) is 23.8 Å². The van der Waals surface area contributed by atoms with Crippen LogP contribution in [0.4, 0.5) is 11.4 Å². The molecule has 2 aliphatic rings. The first-order valence-corrected chi connectivity index (χ1v) is 5.72. The van der Waals surface area contributed by atoms with E-state index in [-0.39, 0.29) is 23.6 Å². The second-order valence-electron chi connectivity index (χ2n) is 4.44. The van der Waals surface area contributed by atoms with Crippen LogP contribution in [0, 0.1) is 5.92 Å². The Kier molecular flexibility index (Phi) is 2.40. The molecule has 17 heavy (non-hydrogen) atoms. The molecule has 5 heteroatoms. The van der Waals surface area contributed by atoms with Crippen molar-refractivity contribution in [3.8, 4) is 5.75 Å². The van der Waals surface area contributed by atoms with Gasteiger partial charge < -0.3 is 20.5 Å². The summed E-state index contributed by atoms with van der Waals surface area (Å²) >= 11 is 0. The van der Waals surface area contributed by atoms with Crippen LogP contribution in [0.25, 0.3) is 0 Å². The Bertz CT molecular complexity index is 461. The van der Waals surface area contributed by atoms with Gasteiger partial charge in [0.2, 0.25) is 5.91 Å². The third-order valence-electron chi connectivity index (χ3n) is 3.29. The molecule has 1 aromatic carbocycles. The van der Waals surface area contributed by atoms with Crippen LogP contribution in [0.2, 0.25) is 0 Å². The molecule has 3 N–H and O–H groups in total. The highest BCUT2D eigenvalue weighted by molar-refractivity contribution is 5.98.